The summed E-state index contributed by atoms with van der Waals surface area (Å²) in [7, 11) is 1.44. The van der Waals surface area contributed by atoms with Crippen molar-refractivity contribution in [2.24, 2.45) is 4.99 Å². The number of Topliss-reactive ketones (excluding diaryl/α,β-unsaturated/α-hetero) is 1. The largest absolute Gasteiger partial charge is 0.445 e. The normalized spacial score (nSPS) is 18.1. The molecule has 1 aliphatic heterocycles. The average molecular weight is 360 g/mol. The van der Waals surface area contributed by atoms with E-state index in [0.29, 0.717) is 0 Å². The van der Waals surface area contributed by atoms with Gasteiger partial charge in [-0.05, 0) is 12.0 Å². The maximum Gasteiger partial charge on any atom is 0.408 e. The van der Waals surface area contributed by atoms with E-state index in [1.54, 1.807) is 12.1 Å². The van der Waals surface area contributed by atoms with Crippen LogP contribution in [0.5, 0.6) is 0 Å². The lowest BCUT2D eigenvalue weighted by Gasteiger charge is -2.23. The highest BCUT2D eigenvalue weighted by Crippen LogP contribution is 2.02. The van der Waals surface area contributed by atoms with Crippen LogP contribution in [-0.4, -0.2) is 55.6 Å². The monoisotopic (exact) mass is 360 g/mol. The van der Waals surface area contributed by atoms with Gasteiger partial charge in [0.15, 0.2) is 0 Å². The predicted octanol–water partition coefficient (Wildman–Crippen LogP) is -0.444. The Kier molecular flexibility index (Phi) is 6.84. The summed E-state index contributed by atoms with van der Waals surface area (Å²) in [4.78, 5) is 51.1. The number of hydrogen-bond donors (Lipinski definition) is 3. The van der Waals surface area contributed by atoms with Crippen LogP contribution in [0.1, 0.15) is 12.0 Å². The summed E-state index contributed by atoms with van der Waals surface area (Å²) >= 11 is 0. The molecule has 0 saturated carbocycles. The maximum atomic E-state index is 12.3. The number of carbonyl (C=O) groups excluding carboxylic acids is 4. The molecule has 9 nitrogen and oxygen atoms in total. The van der Waals surface area contributed by atoms with Crippen molar-refractivity contribution in [3.05, 3.63) is 35.9 Å². The Morgan fingerprint density at radius 3 is 2.77 bits per heavy atom. The second kappa shape index (κ2) is 9.30. The number of piperidine rings is 1. The second-order valence-corrected chi connectivity index (χ2v) is 5.56. The predicted molar refractivity (Wildman–Crippen MR) is 92.5 cm³/mol. The first-order valence-electron chi connectivity index (χ1n) is 8.03. The van der Waals surface area contributed by atoms with Crippen molar-refractivity contribution in [3.8, 4) is 0 Å². The number of nitrogens with zero attached hydrogens (tertiary/aromatic N) is 1. The number of nitrogens with one attached hydrogen (secondary N) is 3. The van der Waals surface area contributed by atoms with Crippen LogP contribution in [0, 0.1) is 0 Å². The summed E-state index contributed by atoms with van der Waals surface area (Å²) < 4.78 is 5.06. The molecule has 2 rings (SSSR count). The molecule has 0 aliphatic carbocycles. The number of alkyl carbamates (subject to hydrolysis) is 1. The van der Waals surface area contributed by atoms with Gasteiger partial charge in [0, 0.05) is 19.8 Å². The van der Waals surface area contributed by atoms with Gasteiger partial charge in [-0.3, -0.25) is 19.4 Å². The van der Waals surface area contributed by atoms with Gasteiger partial charge in [-0.1, -0.05) is 30.3 Å². The van der Waals surface area contributed by atoms with Crippen LogP contribution < -0.4 is 16.0 Å². The Labute approximate surface area is 150 Å². The van der Waals surface area contributed by atoms with E-state index >= 15 is 0 Å². The molecule has 3 amide bonds. The van der Waals surface area contributed by atoms with Crippen LogP contribution in [0.2, 0.25) is 0 Å². The SMILES string of the molecule is C/N=C/C(NC(=O)OCc1ccccc1)C(=O)NC1CCNC(=O)C1=O. The molecule has 1 fully saturated rings. The van der Waals surface area contributed by atoms with E-state index in [-0.39, 0.29) is 19.6 Å². The summed E-state index contributed by atoms with van der Waals surface area (Å²) in [6.45, 7) is 0.333. The Balaban J connectivity index is 1.90. The Morgan fingerprint density at radius 2 is 2.08 bits per heavy atom. The summed E-state index contributed by atoms with van der Waals surface area (Å²) in [6, 6.07) is 7.01. The maximum absolute atomic E-state index is 12.3. The number of amides is 3. The molecule has 2 unspecified atom stereocenters. The summed E-state index contributed by atoms with van der Waals surface area (Å²) in [5, 5.41) is 7.22. The van der Waals surface area contributed by atoms with Gasteiger partial charge >= 0.3 is 6.09 Å². The molecule has 1 saturated heterocycles. The molecule has 0 spiro atoms. The smallest absolute Gasteiger partial charge is 0.408 e. The van der Waals surface area contributed by atoms with Crippen molar-refractivity contribution < 1.29 is 23.9 Å². The first-order chi connectivity index (χ1) is 12.5. The van der Waals surface area contributed by atoms with Gasteiger partial charge in [-0.2, -0.15) is 0 Å². The zero-order valence-electron chi connectivity index (χ0n) is 14.2. The second-order valence-electron chi connectivity index (χ2n) is 5.56. The van der Waals surface area contributed by atoms with Gasteiger partial charge in [0.05, 0.1) is 6.04 Å². The Hall–Kier alpha value is -3.23. The highest BCUT2D eigenvalue weighted by molar-refractivity contribution is 6.39. The van der Waals surface area contributed by atoms with Gasteiger partial charge in [-0.15, -0.1) is 0 Å². The summed E-state index contributed by atoms with van der Waals surface area (Å²) in [5.41, 5.74) is 0.798. The lowest BCUT2D eigenvalue weighted by molar-refractivity contribution is -0.141. The average Bonchev–Trinajstić information content (AvgIpc) is 2.64. The number of aliphatic imine (C=N–C) groups is 1. The molecule has 1 aliphatic rings. The molecular weight excluding hydrogens is 340 g/mol. The summed E-state index contributed by atoms with van der Waals surface area (Å²) in [5.74, 6) is -2.11. The molecule has 138 valence electrons. The first-order valence-corrected chi connectivity index (χ1v) is 8.03. The lowest BCUT2D eigenvalue weighted by Crippen LogP contribution is -2.57. The molecule has 3 N–H and O–H groups in total. The van der Waals surface area contributed by atoms with Crippen molar-refractivity contribution >= 4 is 29.9 Å². The Morgan fingerprint density at radius 1 is 1.35 bits per heavy atom. The van der Waals surface area contributed by atoms with Gasteiger partial charge < -0.3 is 20.7 Å². The van der Waals surface area contributed by atoms with Gasteiger partial charge in [-0.25, -0.2) is 4.79 Å². The van der Waals surface area contributed by atoms with Crippen molar-refractivity contribution in [3.63, 3.8) is 0 Å². The van der Waals surface area contributed by atoms with E-state index in [9.17, 15) is 19.2 Å². The number of hydrogen-bond acceptors (Lipinski definition) is 6. The number of benzene rings is 1. The van der Waals surface area contributed by atoms with Crippen LogP contribution in [0.4, 0.5) is 4.79 Å². The first kappa shape index (κ1) is 19.1. The van der Waals surface area contributed by atoms with Crippen LogP contribution in [0.15, 0.2) is 35.3 Å². The molecule has 1 heterocycles. The van der Waals surface area contributed by atoms with E-state index < -0.39 is 35.8 Å². The van der Waals surface area contributed by atoms with E-state index in [1.165, 1.54) is 13.3 Å². The molecule has 0 aromatic heterocycles. The van der Waals surface area contributed by atoms with Crippen LogP contribution in [0.3, 0.4) is 0 Å². The Bertz CT molecular complexity index is 704. The lowest BCUT2D eigenvalue weighted by atomic mass is 10.0. The topological polar surface area (TPSA) is 126 Å². The van der Waals surface area contributed by atoms with Crippen LogP contribution >= 0.6 is 0 Å². The van der Waals surface area contributed by atoms with Gasteiger partial charge in [0.2, 0.25) is 11.7 Å². The van der Waals surface area contributed by atoms with Gasteiger partial charge in [0.25, 0.3) is 5.91 Å². The highest BCUT2D eigenvalue weighted by Gasteiger charge is 2.32. The zero-order valence-corrected chi connectivity index (χ0v) is 14.2. The minimum absolute atomic E-state index is 0.0472. The van der Waals surface area contributed by atoms with Crippen molar-refractivity contribution in [1.29, 1.82) is 0 Å². The number of rotatable bonds is 6. The van der Waals surface area contributed by atoms with E-state index in [4.69, 9.17) is 4.74 Å². The fourth-order valence-electron chi connectivity index (χ4n) is 2.32. The minimum Gasteiger partial charge on any atom is -0.445 e. The van der Waals surface area contributed by atoms with Crippen LogP contribution in [0.25, 0.3) is 0 Å². The highest BCUT2D eigenvalue weighted by atomic mass is 16.5. The number of ether oxygens (including phenoxy) is 1. The van der Waals surface area contributed by atoms with Gasteiger partial charge in [0.1, 0.15) is 12.6 Å². The van der Waals surface area contributed by atoms with E-state index in [1.807, 2.05) is 18.2 Å². The molecule has 1 aromatic carbocycles. The quantitative estimate of drug-likeness (QED) is 0.468. The molecular formula is C17H20N4O5. The minimum atomic E-state index is -1.12. The number of carbonyl (C=O) groups is 4. The number of ketones is 1. The van der Waals surface area contributed by atoms with Crippen molar-refractivity contribution in [2.45, 2.75) is 25.1 Å². The summed E-state index contributed by atoms with van der Waals surface area (Å²) in [6.07, 6.45) is 0.693. The third-order valence-electron chi connectivity index (χ3n) is 3.64. The van der Waals surface area contributed by atoms with Crippen molar-refractivity contribution in [2.75, 3.05) is 13.6 Å². The zero-order chi connectivity index (χ0) is 18.9. The molecule has 26 heavy (non-hydrogen) atoms. The molecule has 9 heteroatoms. The molecule has 0 radical (unpaired) electrons. The van der Waals surface area contributed by atoms with E-state index in [0.717, 1.165) is 5.56 Å². The van der Waals surface area contributed by atoms with Crippen molar-refractivity contribution in [1.82, 2.24) is 16.0 Å². The van der Waals surface area contributed by atoms with Crippen LogP contribution in [-0.2, 0) is 25.7 Å². The molecule has 0 bridgehead atoms. The third-order valence-corrected chi connectivity index (χ3v) is 3.64. The van der Waals surface area contributed by atoms with E-state index in [2.05, 4.69) is 20.9 Å². The molecule has 2 atom stereocenters. The molecule has 1 aromatic rings. The third kappa shape index (κ3) is 5.40. The fourth-order valence-corrected chi connectivity index (χ4v) is 2.32. The standard InChI is InChI=1S/C17H20N4O5/c1-18-9-13(15(23)20-12-7-8-19-16(24)14(12)22)21-17(25)26-10-11-5-3-2-4-6-11/h2-6,9,12-13H,7-8,10H2,1H3,(H,19,24)(H,20,23)(H,21,25)/b18-9+. The fraction of sp³-hybridized carbons (Fsp3) is 0.353.